The maximum Gasteiger partial charge on any atom is 0.159 e. The van der Waals surface area contributed by atoms with Crippen molar-refractivity contribution in [3.8, 4) is 44.5 Å². The Balaban J connectivity index is 1.23. The zero-order valence-corrected chi connectivity index (χ0v) is 31.8. The first kappa shape index (κ1) is 33.2. The van der Waals surface area contributed by atoms with E-state index in [1.54, 1.807) is 0 Å². The van der Waals surface area contributed by atoms with Crippen molar-refractivity contribution >= 4 is 70.5 Å². The van der Waals surface area contributed by atoms with Crippen molar-refractivity contribution < 1.29 is 4.42 Å². The number of hydrogen-bond acceptors (Lipinski definition) is 3. The van der Waals surface area contributed by atoms with E-state index in [0.717, 1.165) is 72.4 Å². The first-order valence-corrected chi connectivity index (χ1v) is 20.1. The van der Waals surface area contributed by atoms with Gasteiger partial charge in [0.25, 0.3) is 0 Å². The molecule has 0 unspecified atom stereocenters. The van der Waals surface area contributed by atoms with Crippen molar-refractivity contribution in [3.05, 3.63) is 212 Å². The summed E-state index contributed by atoms with van der Waals surface area (Å²) in [4.78, 5) is 2.44. The molecule has 0 aliphatic carbocycles. The van der Waals surface area contributed by atoms with Gasteiger partial charge in [-0.1, -0.05) is 164 Å². The molecule has 0 fully saturated rings. The minimum absolute atomic E-state index is 0.851. The fourth-order valence-corrected chi connectivity index (χ4v) is 9.61. The van der Waals surface area contributed by atoms with Crippen LogP contribution in [0.15, 0.2) is 217 Å². The van der Waals surface area contributed by atoms with Gasteiger partial charge in [-0.25, -0.2) is 0 Å². The van der Waals surface area contributed by atoms with E-state index in [4.69, 9.17) is 4.42 Å². The predicted molar refractivity (Wildman–Crippen MR) is 243 cm³/mol. The maximum absolute atomic E-state index is 7.03. The van der Waals surface area contributed by atoms with E-state index in [2.05, 4.69) is 217 Å². The molecule has 0 spiro atoms. The number of thiophene rings is 1. The van der Waals surface area contributed by atoms with Crippen LogP contribution >= 0.6 is 11.3 Å². The fourth-order valence-electron chi connectivity index (χ4n) is 8.35. The lowest BCUT2D eigenvalue weighted by atomic mass is 9.96. The van der Waals surface area contributed by atoms with Gasteiger partial charge in [0, 0.05) is 36.6 Å². The second-order valence-corrected chi connectivity index (χ2v) is 15.5. The molecule has 0 amide bonds. The molecule has 0 saturated carbocycles. The molecule has 11 aromatic rings. The van der Waals surface area contributed by atoms with Gasteiger partial charge >= 0.3 is 0 Å². The molecule has 0 atom stereocenters. The fraction of sp³-hybridized carbons (Fsp3) is 0. The highest BCUT2D eigenvalue weighted by Gasteiger charge is 2.25. The third kappa shape index (κ3) is 5.80. The molecule has 2 heterocycles. The summed E-state index contributed by atoms with van der Waals surface area (Å²) in [6.45, 7) is 0. The highest BCUT2D eigenvalue weighted by Crippen LogP contribution is 2.51. The number of fused-ring (bicyclic) bond motifs is 6. The van der Waals surface area contributed by atoms with Gasteiger partial charge in [0.15, 0.2) is 5.58 Å². The summed E-state index contributed by atoms with van der Waals surface area (Å²) in [7, 11) is 0. The van der Waals surface area contributed by atoms with Gasteiger partial charge < -0.3 is 9.32 Å². The Morgan fingerprint density at radius 2 is 0.947 bits per heavy atom. The maximum atomic E-state index is 7.03. The van der Waals surface area contributed by atoms with Crippen LogP contribution in [0.25, 0.3) is 86.6 Å². The Bertz CT molecular complexity index is 3160. The van der Waals surface area contributed by atoms with Gasteiger partial charge in [-0.05, 0) is 93.0 Å². The molecule has 3 heteroatoms. The number of para-hydroxylation sites is 1. The molecule has 0 radical (unpaired) electrons. The highest BCUT2D eigenvalue weighted by atomic mass is 32.1. The average Bonchev–Trinajstić information content (AvgIpc) is 3.87. The minimum Gasteiger partial charge on any atom is -0.454 e. The first-order chi connectivity index (χ1) is 28.3. The summed E-state index contributed by atoms with van der Waals surface area (Å²) in [6.07, 6.45) is 0. The Morgan fingerprint density at radius 1 is 0.368 bits per heavy atom. The van der Waals surface area contributed by atoms with Crippen LogP contribution in [-0.2, 0) is 0 Å². The molecule has 9 aromatic carbocycles. The van der Waals surface area contributed by atoms with E-state index in [9.17, 15) is 0 Å². The Morgan fingerprint density at radius 3 is 1.61 bits per heavy atom. The molecule has 0 saturated heterocycles. The Labute approximate surface area is 335 Å². The van der Waals surface area contributed by atoms with E-state index in [1.165, 1.54) is 31.3 Å². The number of rotatable bonds is 7. The van der Waals surface area contributed by atoms with Crippen LogP contribution in [0.5, 0.6) is 0 Å². The minimum atomic E-state index is 0.851. The van der Waals surface area contributed by atoms with E-state index in [0.29, 0.717) is 0 Å². The van der Waals surface area contributed by atoms with Crippen LogP contribution in [-0.4, -0.2) is 0 Å². The predicted octanol–water partition coefficient (Wildman–Crippen LogP) is 16.1. The van der Waals surface area contributed by atoms with Gasteiger partial charge in [0.05, 0.1) is 11.4 Å². The molecule has 2 nitrogen and oxygen atoms in total. The summed E-state index contributed by atoms with van der Waals surface area (Å²) in [6, 6.07) is 76.3. The zero-order valence-electron chi connectivity index (χ0n) is 31.0. The second kappa shape index (κ2) is 13.8. The van der Waals surface area contributed by atoms with E-state index >= 15 is 0 Å². The molecule has 57 heavy (non-hydrogen) atoms. The van der Waals surface area contributed by atoms with Crippen LogP contribution < -0.4 is 4.90 Å². The lowest BCUT2D eigenvalue weighted by Crippen LogP contribution is -2.11. The summed E-state index contributed by atoms with van der Waals surface area (Å²) in [5.74, 6) is 0. The van der Waals surface area contributed by atoms with Gasteiger partial charge in [-0.2, -0.15) is 0 Å². The van der Waals surface area contributed by atoms with Crippen molar-refractivity contribution in [2.24, 2.45) is 0 Å². The van der Waals surface area contributed by atoms with Crippen LogP contribution in [0.4, 0.5) is 17.1 Å². The van der Waals surface area contributed by atoms with Gasteiger partial charge in [-0.3, -0.25) is 0 Å². The summed E-state index contributed by atoms with van der Waals surface area (Å²) >= 11 is 1.86. The third-order valence-electron chi connectivity index (χ3n) is 11.0. The molecule has 2 aromatic heterocycles. The third-order valence-corrected chi connectivity index (χ3v) is 12.3. The summed E-state index contributed by atoms with van der Waals surface area (Å²) in [5, 5.41) is 4.65. The largest absolute Gasteiger partial charge is 0.454 e. The highest BCUT2D eigenvalue weighted by molar-refractivity contribution is 7.26. The SMILES string of the molecule is c1ccc(-c2cc(-c3ccccc3)cc(N(c3cccc4c3oc3cc(-c5ccccc5)ccc34)c3ccc(-c4ccccc4)c4sc5ccccc5c34)c2)cc1. The van der Waals surface area contributed by atoms with Crippen LogP contribution in [0.1, 0.15) is 0 Å². The molecular formula is C54H35NOS. The quantitative estimate of drug-likeness (QED) is 0.162. The molecular weight excluding hydrogens is 711 g/mol. The number of hydrogen-bond donors (Lipinski definition) is 0. The van der Waals surface area contributed by atoms with Gasteiger partial charge in [0.1, 0.15) is 5.58 Å². The Hall–Kier alpha value is -7.20. The van der Waals surface area contributed by atoms with Crippen molar-refractivity contribution in [2.75, 3.05) is 4.90 Å². The standard InChI is InChI=1S/C54H35NOS/c1-5-16-36(17-6-1)40-28-29-45-46-25-15-26-49(53(46)56-50(45)35-40)55(43-33-41(37-18-7-2-8-19-37)32-42(34-43)38-20-9-3-10-21-38)48-31-30-44(39-22-11-4-12-23-39)54-52(48)47-24-13-14-27-51(47)57-54/h1-35H. The normalized spacial score (nSPS) is 11.5. The van der Waals surface area contributed by atoms with Crippen LogP contribution in [0.3, 0.4) is 0 Å². The van der Waals surface area contributed by atoms with Gasteiger partial charge in [-0.15, -0.1) is 11.3 Å². The van der Waals surface area contributed by atoms with E-state index in [1.807, 2.05) is 11.3 Å². The number of anilines is 3. The number of furan rings is 1. The van der Waals surface area contributed by atoms with Crippen LogP contribution in [0, 0.1) is 0 Å². The number of nitrogens with zero attached hydrogens (tertiary/aromatic N) is 1. The van der Waals surface area contributed by atoms with Crippen molar-refractivity contribution in [3.63, 3.8) is 0 Å². The molecule has 0 N–H and O–H groups in total. The van der Waals surface area contributed by atoms with Gasteiger partial charge in [0.2, 0.25) is 0 Å². The summed E-state index contributed by atoms with van der Waals surface area (Å²) < 4.78 is 9.55. The zero-order chi connectivity index (χ0) is 37.7. The molecule has 268 valence electrons. The smallest absolute Gasteiger partial charge is 0.159 e. The second-order valence-electron chi connectivity index (χ2n) is 14.5. The van der Waals surface area contributed by atoms with E-state index in [-0.39, 0.29) is 0 Å². The monoisotopic (exact) mass is 745 g/mol. The van der Waals surface area contributed by atoms with Crippen LogP contribution in [0.2, 0.25) is 0 Å². The molecule has 11 rings (SSSR count). The Kier molecular flexibility index (Phi) is 8.04. The first-order valence-electron chi connectivity index (χ1n) is 19.3. The van der Waals surface area contributed by atoms with Crippen molar-refractivity contribution in [2.45, 2.75) is 0 Å². The van der Waals surface area contributed by atoms with Crippen molar-refractivity contribution in [1.82, 2.24) is 0 Å². The molecule has 0 aliphatic rings. The molecule has 0 aliphatic heterocycles. The van der Waals surface area contributed by atoms with Crippen molar-refractivity contribution in [1.29, 1.82) is 0 Å². The average molecular weight is 746 g/mol. The number of benzene rings is 9. The summed E-state index contributed by atoms with van der Waals surface area (Å²) in [5.41, 5.74) is 14.2. The van der Waals surface area contributed by atoms with E-state index < -0.39 is 0 Å². The molecule has 0 bridgehead atoms. The topological polar surface area (TPSA) is 16.4 Å². The lowest BCUT2D eigenvalue weighted by Gasteiger charge is -2.28. The lowest BCUT2D eigenvalue weighted by molar-refractivity contribution is 0.669.